The van der Waals surface area contributed by atoms with Crippen molar-refractivity contribution in [3.8, 4) is 0 Å². The fraction of sp³-hybridized carbons (Fsp3) is 0.875. The Morgan fingerprint density at radius 1 is 1.67 bits per heavy atom. The largest absolute Gasteiger partial charge is 0.342 e. The van der Waals surface area contributed by atoms with E-state index in [9.17, 15) is 4.79 Å². The molecule has 0 aromatic rings. The van der Waals surface area contributed by atoms with Crippen LogP contribution in [0.4, 0.5) is 0 Å². The number of hydrogen-bond donors (Lipinski definition) is 2. The second kappa shape index (κ2) is 4.42. The van der Waals surface area contributed by atoms with Gasteiger partial charge in [-0.2, -0.15) is 0 Å². The van der Waals surface area contributed by atoms with Crippen LogP contribution in [-0.2, 0) is 4.79 Å². The molecule has 1 fully saturated rings. The standard InChI is InChI=1S/C8H17N3O/c1-11(7-2-3-7)8(12)6-10-5-4-9/h7,10H,2-6,9H2,1H3. The third-order valence-electron chi connectivity index (χ3n) is 2.09. The van der Waals surface area contributed by atoms with Crippen LogP contribution >= 0.6 is 0 Å². The Balaban J connectivity index is 2.09. The lowest BCUT2D eigenvalue weighted by molar-refractivity contribution is -0.129. The van der Waals surface area contributed by atoms with Crippen LogP contribution in [0.15, 0.2) is 0 Å². The zero-order valence-electron chi connectivity index (χ0n) is 7.55. The summed E-state index contributed by atoms with van der Waals surface area (Å²) < 4.78 is 0. The molecule has 1 aliphatic carbocycles. The molecular weight excluding hydrogens is 154 g/mol. The zero-order chi connectivity index (χ0) is 8.97. The number of rotatable bonds is 5. The van der Waals surface area contributed by atoms with Crippen LogP contribution in [0, 0.1) is 0 Å². The minimum absolute atomic E-state index is 0.172. The Kier molecular flexibility index (Phi) is 3.49. The topological polar surface area (TPSA) is 58.4 Å². The fourth-order valence-electron chi connectivity index (χ4n) is 1.09. The number of carbonyl (C=O) groups excluding carboxylic acids is 1. The van der Waals surface area contributed by atoms with Crippen molar-refractivity contribution in [1.29, 1.82) is 0 Å². The minimum atomic E-state index is 0.172. The quantitative estimate of drug-likeness (QED) is 0.530. The average molecular weight is 171 g/mol. The molecule has 70 valence electrons. The van der Waals surface area contributed by atoms with Gasteiger partial charge in [-0.3, -0.25) is 4.79 Å². The predicted octanol–water partition coefficient (Wildman–Crippen LogP) is -0.844. The molecule has 4 nitrogen and oxygen atoms in total. The maximum atomic E-state index is 11.3. The van der Waals surface area contributed by atoms with Gasteiger partial charge in [0.25, 0.3) is 0 Å². The second-order valence-electron chi connectivity index (χ2n) is 3.20. The van der Waals surface area contributed by atoms with Gasteiger partial charge < -0.3 is 16.0 Å². The molecule has 0 saturated heterocycles. The highest BCUT2D eigenvalue weighted by atomic mass is 16.2. The molecule has 0 unspecified atom stereocenters. The van der Waals surface area contributed by atoms with E-state index in [1.165, 1.54) is 12.8 Å². The first-order valence-electron chi connectivity index (χ1n) is 4.42. The van der Waals surface area contributed by atoms with Crippen molar-refractivity contribution in [2.24, 2.45) is 5.73 Å². The highest BCUT2D eigenvalue weighted by Crippen LogP contribution is 2.24. The number of nitrogens with two attached hydrogens (primary N) is 1. The summed E-state index contributed by atoms with van der Waals surface area (Å²) in [6.45, 7) is 1.72. The van der Waals surface area contributed by atoms with Gasteiger partial charge in [0, 0.05) is 26.2 Å². The van der Waals surface area contributed by atoms with Crippen molar-refractivity contribution < 1.29 is 4.79 Å². The molecule has 0 aromatic heterocycles. The summed E-state index contributed by atoms with van der Waals surface area (Å²) >= 11 is 0. The smallest absolute Gasteiger partial charge is 0.236 e. The first kappa shape index (κ1) is 9.48. The average Bonchev–Trinajstić information content (AvgIpc) is 2.86. The number of hydrogen-bond acceptors (Lipinski definition) is 3. The van der Waals surface area contributed by atoms with Gasteiger partial charge in [0.15, 0.2) is 0 Å². The number of nitrogens with zero attached hydrogens (tertiary/aromatic N) is 1. The van der Waals surface area contributed by atoms with Crippen LogP contribution in [0.3, 0.4) is 0 Å². The molecule has 12 heavy (non-hydrogen) atoms. The number of amides is 1. The summed E-state index contributed by atoms with van der Waals surface area (Å²) in [4.78, 5) is 13.1. The van der Waals surface area contributed by atoms with E-state index in [4.69, 9.17) is 5.73 Å². The van der Waals surface area contributed by atoms with Gasteiger partial charge in [-0.05, 0) is 12.8 Å². The van der Waals surface area contributed by atoms with Crippen LogP contribution in [0.25, 0.3) is 0 Å². The van der Waals surface area contributed by atoms with E-state index in [0.29, 0.717) is 25.7 Å². The van der Waals surface area contributed by atoms with Crippen molar-refractivity contribution in [2.75, 3.05) is 26.7 Å². The normalized spacial score (nSPS) is 16.2. The predicted molar refractivity (Wildman–Crippen MR) is 47.7 cm³/mol. The van der Waals surface area contributed by atoms with Gasteiger partial charge in [-0.1, -0.05) is 0 Å². The molecule has 0 aliphatic heterocycles. The lowest BCUT2D eigenvalue weighted by atomic mass is 10.4. The highest BCUT2D eigenvalue weighted by molar-refractivity contribution is 5.78. The highest BCUT2D eigenvalue weighted by Gasteiger charge is 2.28. The molecule has 3 N–H and O–H groups in total. The first-order valence-corrected chi connectivity index (χ1v) is 4.42. The Bertz CT molecular complexity index is 156. The fourth-order valence-corrected chi connectivity index (χ4v) is 1.09. The van der Waals surface area contributed by atoms with Gasteiger partial charge in [0.05, 0.1) is 6.54 Å². The van der Waals surface area contributed by atoms with Crippen molar-refractivity contribution in [3.05, 3.63) is 0 Å². The molecule has 0 heterocycles. The van der Waals surface area contributed by atoms with E-state index < -0.39 is 0 Å². The summed E-state index contributed by atoms with van der Waals surface area (Å²) in [5.74, 6) is 0.172. The van der Waals surface area contributed by atoms with Crippen LogP contribution in [0.1, 0.15) is 12.8 Å². The Morgan fingerprint density at radius 3 is 2.83 bits per heavy atom. The number of likely N-dealkylation sites (N-methyl/N-ethyl adjacent to an activating group) is 1. The minimum Gasteiger partial charge on any atom is -0.342 e. The van der Waals surface area contributed by atoms with E-state index in [1.807, 2.05) is 11.9 Å². The Labute approximate surface area is 73.1 Å². The molecule has 1 rings (SSSR count). The molecule has 0 atom stereocenters. The van der Waals surface area contributed by atoms with Crippen LogP contribution in [0.2, 0.25) is 0 Å². The summed E-state index contributed by atoms with van der Waals surface area (Å²) in [5, 5.41) is 2.98. The molecule has 0 bridgehead atoms. The first-order chi connectivity index (χ1) is 5.75. The van der Waals surface area contributed by atoms with Crippen LogP contribution in [-0.4, -0.2) is 43.5 Å². The van der Waals surface area contributed by atoms with Crippen molar-refractivity contribution in [1.82, 2.24) is 10.2 Å². The van der Waals surface area contributed by atoms with Gasteiger partial charge in [-0.25, -0.2) is 0 Å². The van der Waals surface area contributed by atoms with Crippen molar-refractivity contribution in [2.45, 2.75) is 18.9 Å². The molecular formula is C8H17N3O. The van der Waals surface area contributed by atoms with Crippen molar-refractivity contribution >= 4 is 5.91 Å². The van der Waals surface area contributed by atoms with Gasteiger partial charge in [0.2, 0.25) is 5.91 Å². The van der Waals surface area contributed by atoms with Crippen molar-refractivity contribution in [3.63, 3.8) is 0 Å². The van der Waals surface area contributed by atoms with Crippen LogP contribution < -0.4 is 11.1 Å². The monoisotopic (exact) mass is 171 g/mol. The number of carbonyl (C=O) groups is 1. The summed E-state index contributed by atoms with van der Waals surface area (Å²) in [5.41, 5.74) is 5.28. The molecule has 0 aromatic carbocycles. The van der Waals surface area contributed by atoms with E-state index in [-0.39, 0.29) is 5.91 Å². The maximum Gasteiger partial charge on any atom is 0.236 e. The molecule has 1 amide bonds. The van der Waals surface area contributed by atoms with E-state index in [1.54, 1.807) is 0 Å². The summed E-state index contributed by atoms with van der Waals surface area (Å²) in [6, 6.07) is 0.511. The van der Waals surface area contributed by atoms with Gasteiger partial charge in [-0.15, -0.1) is 0 Å². The third kappa shape index (κ3) is 2.79. The number of nitrogens with one attached hydrogen (secondary N) is 1. The SMILES string of the molecule is CN(C(=O)CNCCN)C1CC1. The molecule has 1 saturated carbocycles. The molecule has 1 aliphatic rings. The second-order valence-corrected chi connectivity index (χ2v) is 3.20. The lowest BCUT2D eigenvalue weighted by Crippen LogP contribution is -2.38. The van der Waals surface area contributed by atoms with Gasteiger partial charge >= 0.3 is 0 Å². The lowest BCUT2D eigenvalue weighted by Gasteiger charge is -2.16. The van der Waals surface area contributed by atoms with E-state index in [0.717, 1.165) is 0 Å². The Hall–Kier alpha value is -0.610. The van der Waals surface area contributed by atoms with Gasteiger partial charge in [0.1, 0.15) is 0 Å². The summed E-state index contributed by atoms with van der Waals surface area (Å²) in [7, 11) is 1.87. The molecule has 4 heteroatoms. The zero-order valence-corrected chi connectivity index (χ0v) is 7.55. The Morgan fingerprint density at radius 2 is 2.33 bits per heavy atom. The molecule has 0 radical (unpaired) electrons. The summed E-state index contributed by atoms with van der Waals surface area (Å²) in [6.07, 6.45) is 2.33. The third-order valence-corrected chi connectivity index (χ3v) is 2.09. The van der Waals surface area contributed by atoms with E-state index in [2.05, 4.69) is 5.32 Å². The maximum absolute atomic E-state index is 11.3. The molecule has 0 spiro atoms. The van der Waals surface area contributed by atoms with E-state index >= 15 is 0 Å². The van der Waals surface area contributed by atoms with Crippen LogP contribution in [0.5, 0.6) is 0 Å².